The highest BCUT2D eigenvalue weighted by Gasteiger charge is 2.27. The number of halogens is 3. The molecule has 18 heavy (non-hydrogen) atoms. The molecular formula is C12H15ClF2N2O. The predicted molar refractivity (Wildman–Crippen MR) is 65.0 cm³/mol. The molecule has 1 aromatic rings. The van der Waals surface area contributed by atoms with Gasteiger partial charge in [0.25, 0.3) is 0 Å². The van der Waals surface area contributed by atoms with Crippen LogP contribution in [0.4, 0.5) is 8.78 Å². The number of hydrogen-bond acceptors (Lipinski definition) is 3. The summed E-state index contributed by atoms with van der Waals surface area (Å²) in [5, 5.41) is -0.230. The van der Waals surface area contributed by atoms with E-state index in [1.807, 2.05) is 0 Å². The number of hydrazine groups is 1. The number of hydrogen-bond donors (Lipinski definition) is 2. The fraction of sp³-hybridized carbons (Fsp3) is 0.500. The zero-order valence-electron chi connectivity index (χ0n) is 9.76. The Balaban J connectivity index is 2.28. The van der Waals surface area contributed by atoms with Crippen molar-refractivity contribution in [2.45, 2.75) is 18.9 Å². The molecule has 0 bridgehead atoms. The maximum absolute atomic E-state index is 13.8. The lowest BCUT2D eigenvalue weighted by Crippen LogP contribution is -2.37. The summed E-state index contributed by atoms with van der Waals surface area (Å²) in [5.41, 5.74) is 2.74. The molecule has 2 rings (SSSR count). The highest BCUT2D eigenvalue weighted by molar-refractivity contribution is 6.30. The van der Waals surface area contributed by atoms with E-state index in [2.05, 4.69) is 5.43 Å². The van der Waals surface area contributed by atoms with Gasteiger partial charge < -0.3 is 4.74 Å². The third-order valence-corrected chi connectivity index (χ3v) is 3.51. The topological polar surface area (TPSA) is 47.3 Å². The molecule has 2 unspecified atom stereocenters. The van der Waals surface area contributed by atoms with E-state index in [0.717, 1.165) is 25.0 Å². The second kappa shape index (κ2) is 5.93. The Kier molecular flexibility index (Phi) is 4.50. The molecule has 2 atom stereocenters. The van der Waals surface area contributed by atoms with E-state index in [9.17, 15) is 8.78 Å². The first-order chi connectivity index (χ1) is 8.63. The average Bonchev–Trinajstić information content (AvgIpc) is 2.38. The summed E-state index contributed by atoms with van der Waals surface area (Å²) in [6.45, 7) is 1.18. The molecule has 0 aliphatic carbocycles. The van der Waals surface area contributed by atoms with Gasteiger partial charge in [-0.25, -0.2) is 8.78 Å². The van der Waals surface area contributed by atoms with E-state index in [4.69, 9.17) is 22.2 Å². The molecule has 1 saturated heterocycles. The summed E-state index contributed by atoms with van der Waals surface area (Å²) in [5.74, 6) is 4.28. The van der Waals surface area contributed by atoms with Crippen molar-refractivity contribution in [2.24, 2.45) is 11.8 Å². The van der Waals surface area contributed by atoms with E-state index in [1.54, 1.807) is 0 Å². The Hall–Kier alpha value is -0.750. The molecule has 0 spiro atoms. The molecule has 1 fully saturated rings. The molecular weight excluding hydrogens is 262 g/mol. The van der Waals surface area contributed by atoms with E-state index in [-0.39, 0.29) is 16.5 Å². The van der Waals surface area contributed by atoms with E-state index in [0.29, 0.717) is 13.2 Å². The van der Waals surface area contributed by atoms with Crippen LogP contribution in [0.25, 0.3) is 0 Å². The molecule has 6 heteroatoms. The maximum Gasteiger partial charge on any atom is 0.142 e. The van der Waals surface area contributed by atoms with Crippen LogP contribution in [0.1, 0.15) is 24.4 Å². The third kappa shape index (κ3) is 2.80. The lowest BCUT2D eigenvalue weighted by Gasteiger charge is -2.30. The molecule has 0 aromatic heterocycles. The fourth-order valence-corrected chi connectivity index (χ4v) is 2.43. The molecule has 100 valence electrons. The fourth-order valence-electron chi connectivity index (χ4n) is 2.28. The van der Waals surface area contributed by atoms with Crippen LogP contribution in [-0.4, -0.2) is 13.2 Å². The molecule has 0 radical (unpaired) electrons. The van der Waals surface area contributed by atoms with Gasteiger partial charge in [0.05, 0.1) is 17.7 Å². The van der Waals surface area contributed by atoms with E-state index >= 15 is 0 Å². The molecule has 0 amide bonds. The Bertz CT molecular complexity index is 425. The Morgan fingerprint density at radius 3 is 2.78 bits per heavy atom. The summed E-state index contributed by atoms with van der Waals surface area (Å²) in [6, 6.07) is 1.59. The lowest BCUT2D eigenvalue weighted by atomic mass is 9.89. The number of ether oxygens (including phenoxy) is 1. The van der Waals surface area contributed by atoms with Gasteiger partial charge in [0.1, 0.15) is 11.6 Å². The molecule has 1 aliphatic heterocycles. The first kappa shape index (κ1) is 13.7. The van der Waals surface area contributed by atoms with Crippen LogP contribution < -0.4 is 11.3 Å². The molecule has 3 N–H and O–H groups in total. The molecule has 1 aliphatic rings. The van der Waals surface area contributed by atoms with Crippen molar-refractivity contribution < 1.29 is 13.5 Å². The molecule has 1 aromatic carbocycles. The summed E-state index contributed by atoms with van der Waals surface area (Å²) in [4.78, 5) is 0. The number of nitrogens with two attached hydrogens (primary N) is 1. The maximum atomic E-state index is 13.8. The highest BCUT2D eigenvalue weighted by Crippen LogP contribution is 2.31. The van der Waals surface area contributed by atoms with Crippen molar-refractivity contribution in [2.75, 3.05) is 13.2 Å². The van der Waals surface area contributed by atoms with Crippen LogP contribution in [0.15, 0.2) is 12.1 Å². The SMILES string of the molecule is NNC(c1cc(F)c(Cl)cc1F)C1CCCOC1. The highest BCUT2D eigenvalue weighted by atomic mass is 35.5. The van der Waals surface area contributed by atoms with Crippen LogP contribution in [0.5, 0.6) is 0 Å². The van der Waals surface area contributed by atoms with Crippen molar-refractivity contribution in [3.8, 4) is 0 Å². The third-order valence-electron chi connectivity index (χ3n) is 3.22. The summed E-state index contributed by atoms with van der Waals surface area (Å²) < 4.78 is 32.6. The Morgan fingerprint density at radius 2 is 2.17 bits per heavy atom. The minimum Gasteiger partial charge on any atom is -0.381 e. The van der Waals surface area contributed by atoms with Gasteiger partial charge >= 0.3 is 0 Å². The van der Waals surface area contributed by atoms with Crippen molar-refractivity contribution in [3.05, 3.63) is 34.4 Å². The van der Waals surface area contributed by atoms with Gasteiger partial charge in [-0.05, 0) is 25.0 Å². The number of benzene rings is 1. The Morgan fingerprint density at radius 1 is 1.39 bits per heavy atom. The monoisotopic (exact) mass is 276 g/mol. The standard InChI is InChI=1S/C12H15ClF2N2O/c13-9-5-10(14)8(4-11(9)15)12(17-16)7-2-1-3-18-6-7/h4-5,7,12,17H,1-3,6,16H2. The van der Waals surface area contributed by atoms with Crippen LogP contribution in [0.3, 0.4) is 0 Å². The largest absolute Gasteiger partial charge is 0.381 e. The van der Waals surface area contributed by atoms with Gasteiger partial charge in [0.15, 0.2) is 0 Å². The Labute approximate surface area is 109 Å². The summed E-state index contributed by atoms with van der Waals surface area (Å²) in [6.07, 6.45) is 1.75. The minimum atomic E-state index is -0.648. The van der Waals surface area contributed by atoms with Gasteiger partial charge in [-0.15, -0.1) is 0 Å². The van der Waals surface area contributed by atoms with Crippen molar-refractivity contribution >= 4 is 11.6 Å². The van der Waals surface area contributed by atoms with E-state index < -0.39 is 17.7 Å². The minimum absolute atomic E-state index is 0.0267. The number of rotatable bonds is 3. The number of nitrogens with one attached hydrogen (secondary N) is 1. The van der Waals surface area contributed by atoms with Gasteiger partial charge in [0.2, 0.25) is 0 Å². The van der Waals surface area contributed by atoms with Gasteiger partial charge in [-0.1, -0.05) is 11.6 Å². The van der Waals surface area contributed by atoms with Gasteiger partial charge in [0, 0.05) is 18.1 Å². The zero-order valence-corrected chi connectivity index (χ0v) is 10.5. The first-order valence-corrected chi connectivity index (χ1v) is 6.19. The van der Waals surface area contributed by atoms with Crippen LogP contribution >= 0.6 is 11.6 Å². The zero-order chi connectivity index (χ0) is 13.1. The van der Waals surface area contributed by atoms with Crippen LogP contribution in [0.2, 0.25) is 5.02 Å². The van der Waals surface area contributed by atoms with Crippen molar-refractivity contribution in [1.29, 1.82) is 0 Å². The predicted octanol–water partition coefficient (Wildman–Crippen LogP) is 2.55. The molecule has 3 nitrogen and oxygen atoms in total. The average molecular weight is 277 g/mol. The summed E-state index contributed by atoms with van der Waals surface area (Å²) in [7, 11) is 0. The van der Waals surface area contributed by atoms with Gasteiger partial charge in [-0.3, -0.25) is 11.3 Å². The van der Waals surface area contributed by atoms with Crippen LogP contribution in [-0.2, 0) is 4.74 Å². The molecule has 0 saturated carbocycles. The smallest absolute Gasteiger partial charge is 0.142 e. The second-order valence-corrected chi connectivity index (χ2v) is 4.82. The second-order valence-electron chi connectivity index (χ2n) is 4.41. The first-order valence-electron chi connectivity index (χ1n) is 5.81. The van der Waals surface area contributed by atoms with E-state index in [1.165, 1.54) is 0 Å². The van der Waals surface area contributed by atoms with Crippen molar-refractivity contribution in [1.82, 2.24) is 5.43 Å². The van der Waals surface area contributed by atoms with Crippen molar-refractivity contribution in [3.63, 3.8) is 0 Å². The summed E-state index contributed by atoms with van der Waals surface area (Å²) >= 11 is 5.53. The lowest BCUT2D eigenvalue weighted by molar-refractivity contribution is 0.0384. The molecule has 1 heterocycles. The normalized spacial score (nSPS) is 21.9. The quantitative estimate of drug-likeness (QED) is 0.507. The van der Waals surface area contributed by atoms with Crippen LogP contribution in [0, 0.1) is 17.6 Å². The van der Waals surface area contributed by atoms with Gasteiger partial charge in [-0.2, -0.15) is 0 Å².